The van der Waals surface area contributed by atoms with E-state index in [1.54, 1.807) is 24.3 Å². The number of carboxylic acid groups (broad SMARTS) is 1. The molecule has 0 aromatic heterocycles. The second-order valence-electron chi connectivity index (χ2n) is 5.93. The van der Waals surface area contributed by atoms with E-state index >= 15 is 0 Å². The van der Waals surface area contributed by atoms with Crippen molar-refractivity contribution in [2.24, 2.45) is 0 Å². The SMILES string of the molecule is CCc1c[c-]c(C=[C-]C(=O)N[C@H](CO)c2ccc(CC(=O)O)cc2)c(Cl)c1.[CH3-].[Li+]. The van der Waals surface area contributed by atoms with E-state index in [0.29, 0.717) is 21.7 Å². The molecule has 0 saturated carbocycles. The zero-order valence-corrected chi connectivity index (χ0v) is 17.6. The van der Waals surface area contributed by atoms with Crippen LogP contribution < -0.4 is 24.2 Å². The molecular formula is C22H23ClLiNO4-2. The Balaban J connectivity index is 0.00000392. The quantitative estimate of drug-likeness (QED) is 0.337. The van der Waals surface area contributed by atoms with Gasteiger partial charge in [0, 0.05) is 0 Å². The molecule has 29 heavy (non-hydrogen) atoms. The topological polar surface area (TPSA) is 86.6 Å². The summed E-state index contributed by atoms with van der Waals surface area (Å²) < 4.78 is 0. The number of carboxylic acids is 1. The van der Waals surface area contributed by atoms with Crippen LogP contribution >= 0.6 is 11.6 Å². The summed E-state index contributed by atoms with van der Waals surface area (Å²) in [6, 6.07) is 12.7. The molecule has 0 fully saturated rings. The van der Waals surface area contributed by atoms with E-state index in [2.05, 4.69) is 17.5 Å². The van der Waals surface area contributed by atoms with Crippen LogP contribution in [0.5, 0.6) is 0 Å². The number of benzene rings is 2. The Morgan fingerprint density at radius 3 is 2.45 bits per heavy atom. The van der Waals surface area contributed by atoms with Crippen LogP contribution in [0.1, 0.15) is 35.2 Å². The van der Waals surface area contributed by atoms with Crippen molar-refractivity contribution in [3.05, 3.63) is 83.2 Å². The molecule has 0 aliphatic carbocycles. The van der Waals surface area contributed by atoms with Gasteiger partial charge in [-0.3, -0.25) is 15.2 Å². The summed E-state index contributed by atoms with van der Waals surface area (Å²) in [6.07, 6.45) is 4.77. The van der Waals surface area contributed by atoms with Crippen molar-refractivity contribution < 1.29 is 38.7 Å². The molecule has 2 rings (SSSR count). The predicted molar refractivity (Wildman–Crippen MR) is 110 cm³/mol. The van der Waals surface area contributed by atoms with Crippen LogP contribution in [0.4, 0.5) is 0 Å². The summed E-state index contributed by atoms with van der Waals surface area (Å²) in [5.41, 5.74) is 2.91. The maximum Gasteiger partial charge on any atom is 1.00 e. The minimum Gasteiger partial charge on any atom is -0.481 e. The van der Waals surface area contributed by atoms with E-state index < -0.39 is 17.9 Å². The third kappa shape index (κ3) is 8.47. The fraction of sp³-hybridized carbons (Fsp3) is 0.227. The summed E-state index contributed by atoms with van der Waals surface area (Å²) in [4.78, 5) is 22.8. The number of hydrogen-bond donors (Lipinski definition) is 3. The summed E-state index contributed by atoms with van der Waals surface area (Å²) >= 11 is 6.16. The number of halogens is 1. The van der Waals surface area contributed by atoms with Gasteiger partial charge in [-0.05, 0) is 11.1 Å². The average Bonchev–Trinajstić information content (AvgIpc) is 2.65. The van der Waals surface area contributed by atoms with Gasteiger partial charge in [0.2, 0.25) is 0 Å². The first-order valence-electron chi connectivity index (χ1n) is 8.44. The number of hydrogen-bond acceptors (Lipinski definition) is 3. The van der Waals surface area contributed by atoms with Gasteiger partial charge in [0.1, 0.15) is 5.91 Å². The first-order valence-corrected chi connectivity index (χ1v) is 8.82. The van der Waals surface area contributed by atoms with E-state index in [1.807, 2.05) is 19.1 Å². The Hall–Kier alpha value is -2.03. The molecule has 5 nitrogen and oxygen atoms in total. The summed E-state index contributed by atoms with van der Waals surface area (Å²) in [7, 11) is 0. The molecule has 0 aliphatic heterocycles. The van der Waals surface area contributed by atoms with Gasteiger partial charge in [-0.2, -0.15) is 17.7 Å². The average molecular weight is 408 g/mol. The van der Waals surface area contributed by atoms with Crippen LogP contribution in [0.15, 0.2) is 36.4 Å². The smallest absolute Gasteiger partial charge is 0.481 e. The monoisotopic (exact) mass is 407 g/mol. The van der Waals surface area contributed by atoms with Crippen LogP contribution in [-0.2, 0) is 22.4 Å². The van der Waals surface area contributed by atoms with Gasteiger partial charge in [0.25, 0.3) is 0 Å². The van der Waals surface area contributed by atoms with E-state index in [9.17, 15) is 14.7 Å². The fourth-order valence-electron chi connectivity index (χ4n) is 2.45. The zero-order chi connectivity index (χ0) is 19.8. The van der Waals surface area contributed by atoms with E-state index in [1.165, 1.54) is 6.08 Å². The van der Waals surface area contributed by atoms with Crippen molar-refractivity contribution in [2.75, 3.05) is 6.61 Å². The van der Waals surface area contributed by atoms with Crippen molar-refractivity contribution in [3.63, 3.8) is 0 Å². The second-order valence-corrected chi connectivity index (χ2v) is 6.34. The van der Waals surface area contributed by atoms with Gasteiger partial charge in [-0.25, -0.2) is 12.1 Å². The van der Waals surface area contributed by atoms with Crippen molar-refractivity contribution in [3.8, 4) is 0 Å². The Morgan fingerprint density at radius 2 is 1.93 bits per heavy atom. The normalized spacial score (nSPS) is 11.3. The molecule has 150 valence electrons. The van der Waals surface area contributed by atoms with Gasteiger partial charge < -0.3 is 29.0 Å². The molecule has 1 amide bonds. The van der Waals surface area contributed by atoms with E-state index in [0.717, 1.165) is 12.0 Å². The Bertz CT molecular complexity index is 837. The van der Waals surface area contributed by atoms with Gasteiger partial charge in [0.15, 0.2) is 0 Å². The predicted octanol–water partition coefficient (Wildman–Crippen LogP) is 0.450. The molecule has 1 atom stereocenters. The first-order chi connectivity index (χ1) is 12.9. The number of amides is 1. The molecule has 7 heteroatoms. The summed E-state index contributed by atoms with van der Waals surface area (Å²) in [5, 5.41) is 21.5. The van der Waals surface area contributed by atoms with Crippen LogP contribution in [0.2, 0.25) is 5.02 Å². The van der Waals surface area contributed by atoms with Crippen molar-refractivity contribution >= 4 is 29.6 Å². The number of aliphatic hydroxyl groups is 1. The number of aryl methyl sites for hydroxylation is 1. The molecule has 0 bridgehead atoms. The molecule has 2 aromatic carbocycles. The minimum absolute atomic E-state index is 0. The molecule has 0 unspecified atom stereocenters. The first kappa shape index (κ1) is 27.0. The van der Waals surface area contributed by atoms with Crippen LogP contribution in [-0.4, -0.2) is 28.7 Å². The van der Waals surface area contributed by atoms with Gasteiger partial charge in [-0.1, -0.05) is 37.6 Å². The number of carbonyl (C=O) groups is 2. The molecule has 2 aromatic rings. The third-order valence-corrected chi connectivity index (χ3v) is 4.28. The molecule has 0 radical (unpaired) electrons. The van der Waals surface area contributed by atoms with Crippen LogP contribution in [0.25, 0.3) is 6.08 Å². The van der Waals surface area contributed by atoms with Crippen molar-refractivity contribution in [1.82, 2.24) is 5.32 Å². The minimum atomic E-state index is -0.920. The van der Waals surface area contributed by atoms with Gasteiger partial charge in [0.05, 0.1) is 19.1 Å². The molecule has 0 aliphatic rings. The van der Waals surface area contributed by atoms with Gasteiger partial charge in [-0.15, -0.1) is 16.7 Å². The third-order valence-electron chi connectivity index (χ3n) is 3.96. The summed E-state index contributed by atoms with van der Waals surface area (Å²) in [6.45, 7) is 1.71. The molecule has 0 saturated heterocycles. The number of aliphatic carboxylic acids is 1. The van der Waals surface area contributed by atoms with Crippen LogP contribution in [0.3, 0.4) is 0 Å². The maximum atomic E-state index is 12.1. The number of nitrogens with one attached hydrogen (secondary N) is 1. The van der Waals surface area contributed by atoms with E-state index in [4.69, 9.17) is 16.7 Å². The number of carbonyl (C=O) groups excluding carboxylic acids is 1. The Morgan fingerprint density at radius 1 is 1.28 bits per heavy atom. The van der Waals surface area contributed by atoms with E-state index in [-0.39, 0.29) is 39.3 Å². The van der Waals surface area contributed by atoms with Crippen molar-refractivity contribution in [2.45, 2.75) is 25.8 Å². The molecule has 3 N–H and O–H groups in total. The van der Waals surface area contributed by atoms with Crippen molar-refractivity contribution in [1.29, 1.82) is 0 Å². The Labute approximate surface area is 189 Å². The second kappa shape index (κ2) is 13.2. The maximum absolute atomic E-state index is 12.1. The molecular weight excluding hydrogens is 385 g/mol. The molecule has 0 spiro atoms. The molecule has 0 heterocycles. The summed E-state index contributed by atoms with van der Waals surface area (Å²) in [5.74, 6) is -1.43. The largest absolute Gasteiger partial charge is 1.00 e. The van der Waals surface area contributed by atoms with Gasteiger partial charge >= 0.3 is 24.8 Å². The standard InChI is InChI=1S/C21H20ClNO4.CH3.Li/c1-2-14-3-6-16(18(22)11-14)9-10-20(25)23-19(13-24)17-7-4-15(5-8-17)12-21(26)27;;/h3-5,7-9,11,19,24H,2,12-13H2,1H3,(H,23,25)(H,26,27);1H3;/q-2;-1;+1/t19-;;/m1../s1. The Kier molecular flexibility index (Phi) is 12.3. The van der Waals surface area contributed by atoms with Crippen LogP contribution in [0, 0.1) is 19.6 Å². The zero-order valence-electron chi connectivity index (χ0n) is 16.8. The number of rotatable bonds is 8. The number of aliphatic hydroxyl groups excluding tert-OH is 1. The fourth-order valence-corrected chi connectivity index (χ4v) is 2.70.